The molecular formula is C14H15NO3. The normalized spacial score (nSPS) is 10.3. The number of benzene rings is 1. The van der Waals surface area contributed by atoms with Crippen LogP contribution in [0.2, 0.25) is 0 Å². The smallest absolute Gasteiger partial charge is 0.371 e. The predicted octanol–water partition coefficient (Wildman–Crippen LogP) is 3.21. The minimum atomic E-state index is -1.04. The van der Waals surface area contributed by atoms with E-state index in [-0.39, 0.29) is 5.76 Å². The van der Waals surface area contributed by atoms with Gasteiger partial charge in [-0.2, -0.15) is 0 Å². The molecule has 0 bridgehead atoms. The molecule has 2 N–H and O–H groups in total. The molecule has 4 heteroatoms. The Kier molecular flexibility index (Phi) is 3.37. The van der Waals surface area contributed by atoms with Gasteiger partial charge in [0.05, 0.1) is 0 Å². The minimum absolute atomic E-state index is 0.0194. The molecule has 0 saturated carbocycles. The summed E-state index contributed by atoms with van der Waals surface area (Å²) in [6, 6.07) is 9.51. The fourth-order valence-electron chi connectivity index (χ4n) is 1.76. The van der Waals surface area contributed by atoms with Crippen LogP contribution in [0.15, 0.2) is 34.7 Å². The zero-order valence-corrected chi connectivity index (χ0v) is 10.4. The Morgan fingerprint density at radius 1 is 1.33 bits per heavy atom. The summed E-state index contributed by atoms with van der Waals surface area (Å²) in [5.74, 6) is -0.428. The van der Waals surface area contributed by atoms with Gasteiger partial charge in [-0.05, 0) is 31.5 Å². The summed E-state index contributed by atoms with van der Waals surface area (Å²) in [7, 11) is 0. The van der Waals surface area contributed by atoms with Gasteiger partial charge < -0.3 is 14.8 Å². The Bertz CT molecular complexity index is 572. The Morgan fingerprint density at radius 2 is 2.06 bits per heavy atom. The lowest BCUT2D eigenvalue weighted by Crippen LogP contribution is -2.01. The highest BCUT2D eigenvalue weighted by Gasteiger charge is 2.12. The third-order valence-corrected chi connectivity index (χ3v) is 2.85. The lowest BCUT2D eigenvalue weighted by molar-refractivity contribution is 0.0661. The number of furan rings is 1. The largest absolute Gasteiger partial charge is 0.475 e. The Labute approximate surface area is 105 Å². The maximum absolute atomic E-state index is 10.8. The third kappa shape index (κ3) is 2.53. The molecule has 0 unspecified atom stereocenters. The second-order valence-electron chi connectivity index (χ2n) is 4.17. The zero-order chi connectivity index (χ0) is 13.1. The highest BCUT2D eigenvalue weighted by atomic mass is 16.4. The van der Waals surface area contributed by atoms with E-state index in [9.17, 15) is 4.79 Å². The predicted molar refractivity (Wildman–Crippen MR) is 68.9 cm³/mol. The van der Waals surface area contributed by atoms with Crippen molar-refractivity contribution >= 4 is 11.7 Å². The summed E-state index contributed by atoms with van der Waals surface area (Å²) in [5.41, 5.74) is 3.04. The summed E-state index contributed by atoms with van der Waals surface area (Å²) >= 11 is 0. The van der Waals surface area contributed by atoms with Crippen molar-refractivity contribution < 1.29 is 14.3 Å². The molecule has 0 spiro atoms. The van der Waals surface area contributed by atoms with E-state index in [1.54, 1.807) is 13.0 Å². The van der Waals surface area contributed by atoms with Gasteiger partial charge in [0.2, 0.25) is 5.76 Å². The lowest BCUT2D eigenvalue weighted by Gasteiger charge is -2.08. The second kappa shape index (κ2) is 4.96. The van der Waals surface area contributed by atoms with Crippen LogP contribution in [0.1, 0.15) is 27.4 Å². The molecule has 4 nitrogen and oxygen atoms in total. The van der Waals surface area contributed by atoms with Gasteiger partial charge in [-0.25, -0.2) is 4.79 Å². The number of hydrogen-bond donors (Lipinski definition) is 2. The van der Waals surface area contributed by atoms with E-state index in [2.05, 4.69) is 5.32 Å². The van der Waals surface area contributed by atoms with Crippen molar-refractivity contribution in [2.45, 2.75) is 20.4 Å². The van der Waals surface area contributed by atoms with Crippen LogP contribution in [0.5, 0.6) is 0 Å². The van der Waals surface area contributed by atoms with Crippen molar-refractivity contribution in [3.05, 3.63) is 53.0 Å². The first kappa shape index (κ1) is 12.2. The van der Waals surface area contributed by atoms with Crippen LogP contribution in [-0.2, 0) is 6.54 Å². The van der Waals surface area contributed by atoms with Crippen molar-refractivity contribution in [1.29, 1.82) is 0 Å². The van der Waals surface area contributed by atoms with Gasteiger partial charge in [-0.1, -0.05) is 18.2 Å². The van der Waals surface area contributed by atoms with E-state index in [0.29, 0.717) is 12.3 Å². The van der Waals surface area contributed by atoms with Crippen LogP contribution >= 0.6 is 0 Å². The van der Waals surface area contributed by atoms with E-state index >= 15 is 0 Å². The second-order valence-corrected chi connectivity index (χ2v) is 4.17. The number of carboxylic acids is 1. The van der Waals surface area contributed by atoms with Crippen molar-refractivity contribution in [2.24, 2.45) is 0 Å². The maximum atomic E-state index is 10.8. The van der Waals surface area contributed by atoms with E-state index in [1.165, 1.54) is 0 Å². The molecule has 2 aromatic rings. The molecule has 0 fully saturated rings. The number of hydrogen-bond acceptors (Lipinski definition) is 3. The Balaban J connectivity index is 2.11. The van der Waals surface area contributed by atoms with Crippen molar-refractivity contribution in [2.75, 3.05) is 5.32 Å². The quantitative estimate of drug-likeness (QED) is 0.868. The summed E-state index contributed by atoms with van der Waals surface area (Å²) in [5, 5.41) is 12.1. The van der Waals surface area contributed by atoms with E-state index in [0.717, 1.165) is 16.8 Å². The summed E-state index contributed by atoms with van der Waals surface area (Å²) in [6.45, 7) is 4.34. The number of para-hydroxylation sites is 1. The van der Waals surface area contributed by atoms with Crippen molar-refractivity contribution in [3.63, 3.8) is 0 Å². The number of nitrogens with one attached hydrogen (secondary N) is 1. The Morgan fingerprint density at radius 3 is 2.67 bits per heavy atom. The van der Waals surface area contributed by atoms with E-state index < -0.39 is 5.97 Å². The maximum Gasteiger partial charge on any atom is 0.371 e. The topological polar surface area (TPSA) is 62.5 Å². The number of carbonyl (C=O) groups is 1. The van der Waals surface area contributed by atoms with Gasteiger partial charge in [0, 0.05) is 17.8 Å². The molecule has 0 radical (unpaired) electrons. The number of rotatable bonds is 4. The number of anilines is 1. The first-order chi connectivity index (χ1) is 8.58. The van der Waals surface area contributed by atoms with Crippen molar-refractivity contribution in [3.8, 4) is 0 Å². The van der Waals surface area contributed by atoms with Crippen LogP contribution in [0, 0.1) is 13.8 Å². The highest BCUT2D eigenvalue weighted by molar-refractivity contribution is 5.84. The summed E-state index contributed by atoms with van der Waals surface area (Å²) in [6.07, 6.45) is 0. The van der Waals surface area contributed by atoms with Crippen LogP contribution in [0.25, 0.3) is 0 Å². The van der Waals surface area contributed by atoms with Gasteiger partial charge in [-0.15, -0.1) is 0 Å². The molecule has 0 saturated heterocycles. The summed E-state index contributed by atoms with van der Waals surface area (Å²) in [4.78, 5) is 10.8. The molecule has 0 aliphatic rings. The average Bonchev–Trinajstić information content (AvgIpc) is 2.70. The van der Waals surface area contributed by atoms with Crippen LogP contribution < -0.4 is 5.32 Å². The van der Waals surface area contributed by atoms with E-state index in [1.807, 2.05) is 31.2 Å². The molecule has 1 heterocycles. The van der Waals surface area contributed by atoms with Crippen molar-refractivity contribution in [1.82, 2.24) is 0 Å². The SMILES string of the molecule is Cc1ccccc1NCc1cc(C(=O)O)oc1C. The van der Waals surface area contributed by atoms with Gasteiger partial charge >= 0.3 is 5.97 Å². The molecular weight excluding hydrogens is 230 g/mol. The first-order valence-electron chi connectivity index (χ1n) is 5.70. The highest BCUT2D eigenvalue weighted by Crippen LogP contribution is 2.18. The van der Waals surface area contributed by atoms with Gasteiger partial charge in [0.1, 0.15) is 5.76 Å². The van der Waals surface area contributed by atoms with Gasteiger partial charge in [0.15, 0.2) is 0 Å². The fourth-order valence-corrected chi connectivity index (χ4v) is 1.76. The van der Waals surface area contributed by atoms with E-state index in [4.69, 9.17) is 9.52 Å². The minimum Gasteiger partial charge on any atom is -0.475 e. The van der Waals surface area contributed by atoms with Crippen LogP contribution in [0.3, 0.4) is 0 Å². The first-order valence-corrected chi connectivity index (χ1v) is 5.70. The number of aromatic carboxylic acids is 1. The number of carboxylic acid groups (broad SMARTS) is 1. The molecule has 1 aromatic carbocycles. The zero-order valence-electron chi connectivity index (χ0n) is 10.4. The monoisotopic (exact) mass is 245 g/mol. The standard InChI is InChI=1S/C14H15NO3/c1-9-5-3-4-6-12(9)15-8-11-7-13(14(16)17)18-10(11)2/h3-7,15H,8H2,1-2H3,(H,16,17). The van der Waals surface area contributed by atoms with Crippen LogP contribution in [-0.4, -0.2) is 11.1 Å². The molecule has 0 atom stereocenters. The Hall–Kier alpha value is -2.23. The lowest BCUT2D eigenvalue weighted by atomic mass is 10.2. The average molecular weight is 245 g/mol. The van der Waals surface area contributed by atoms with Gasteiger partial charge in [0.25, 0.3) is 0 Å². The molecule has 0 amide bonds. The fraction of sp³-hybridized carbons (Fsp3) is 0.214. The third-order valence-electron chi connectivity index (χ3n) is 2.85. The molecule has 1 aromatic heterocycles. The molecule has 2 rings (SSSR count). The molecule has 0 aliphatic carbocycles. The molecule has 18 heavy (non-hydrogen) atoms. The molecule has 94 valence electrons. The molecule has 0 aliphatic heterocycles. The summed E-state index contributed by atoms with van der Waals surface area (Å²) < 4.78 is 5.16. The van der Waals surface area contributed by atoms with Crippen LogP contribution in [0.4, 0.5) is 5.69 Å². The van der Waals surface area contributed by atoms with Gasteiger partial charge in [-0.3, -0.25) is 0 Å². The number of aryl methyl sites for hydroxylation is 2.